The van der Waals surface area contributed by atoms with Gasteiger partial charge in [0.25, 0.3) is 5.69 Å². The molecule has 27 heavy (non-hydrogen) atoms. The summed E-state index contributed by atoms with van der Waals surface area (Å²) in [6.07, 6.45) is 2.33. The lowest BCUT2D eigenvalue weighted by molar-refractivity contribution is -0.384. The van der Waals surface area contributed by atoms with Crippen molar-refractivity contribution in [1.82, 2.24) is 5.43 Å². The summed E-state index contributed by atoms with van der Waals surface area (Å²) in [4.78, 5) is 10.6. The monoisotopic (exact) mass is 367 g/mol. The summed E-state index contributed by atoms with van der Waals surface area (Å²) < 4.78 is 5.96. The fourth-order valence-electron chi connectivity index (χ4n) is 3.58. The van der Waals surface area contributed by atoms with E-state index in [0.29, 0.717) is 17.7 Å². The van der Waals surface area contributed by atoms with Crippen molar-refractivity contribution in [3.8, 4) is 11.5 Å². The number of nitrogens with one attached hydrogen (secondary N) is 1. The fraction of sp³-hybridized carbons (Fsp3) is 0.350. The average molecular weight is 367 g/mol. The molecule has 2 N–H and O–H groups in total. The lowest BCUT2D eigenvalue weighted by Gasteiger charge is -2.33. The van der Waals surface area contributed by atoms with Crippen LogP contribution in [0.25, 0.3) is 0 Å². The molecule has 2 aliphatic rings. The number of hydrazone groups is 1. The number of fused-ring (bicyclic) bond motifs is 1. The number of nitro benzene ring substituents is 1. The van der Waals surface area contributed by atoms with Gasteiger partial charge in [-0.1, -0.05) is 12.1 Å². The highest BCUT2D eigenvalue weighted by molar-refractivity contribution is 6.04. The van der Waals surface area contributed by atoms with Crippen molar-refractivity contribution in [2.24, 2.45) is 5.10 Å². The van der Waals surface area contributed by atoms with Crippen LogP contribution >= 0.6 is 0 Å². The molecule has 7 heteroatoms. The zero-order chi connectivity index (χ0) is 19.2. The van der Waals surface area contributed by atoms with Gasteiger partial charge in [0.1, 0.15) is 17.1 Å². The van der Waals surface area contributed by atoms with Crippen molar-refractivity contribution >= 4 is 11.4 Å². The van der Waals surface area contributed by atoms with Crippen molar-refractivity contribution in [3.63, 3.8) is 0 Å². The first-order chi connectivity index (χ1) is 12.8. The number of nitrogens with zero attached hydrogens (tertiary/aromatic N) is 2. The van der Waals surface area contributed by atoms with Gasteiger partial charge >= 0.3 is 0 Å². The van der Waals surface area contributed by atoms with Gasteiger partial charge in [-0.25, -0.2) is 0 Å². The van der Waals surface area contributed by atoms with Crippen LogP contribution in [0.1, 0.15) is 49.4 Å². The molecule has 1 unspecified atom stereocenters. The number of phenolic OH excluding ortho intramolecular Hbond substituents is 1. The second-order valence-corrected chi connectivity index (χ2v) is 7.64. The Balaban J connectivity index is 1.57. The van der Waals surface area contributed by atoms with Gasteiger partial charge in [0.2, 0.25) is 0 Å². The Hall–Kier alpha value is -3.09. The first kappa shape index (κ1) is 17.3. The summed E-state index contributed by atoms with van der Waals surface area (Å²) in [5.74, 6) is 0.848. The van der Waals surface area contributed by atoms with Crippen molar-refractivity contribution in [3.05, 3.63) is 63.2 Å². The summed E-state index contributed by atoms with van der Waals surface area (Å²) in [6, 6.07) is 9.97. The van der Waals surface area contributed by atoms with Gasteiger partial charge in [-0.05, 0) is 43.9 Å². The highest BCUT2D eigenvalue weighted by Gasteiger charge is 2.30. The van der Waals surface area contributed by atoms with E-state index in [1.54, 1.807) is 18.2 Å². The molecule has 2 heterocycles. The Bertz CT molecular complexity index is 952. The molecule has 0 amide bonds. The Kier molecular flexibility index (Phi) is 4.02. The lowest BCUT2D eigenvalue weighted by atomic mass is 9.91. The number of hydrogen-bond donors (Lipinski definition) is 2. The largest absolute Gasteiger partial charge is 0.507 e. The molecule has 2 aromatic carbocycles. The van der Waals surface area contributed by atoms with Gasteiger partial charge in [-0.2, -0.15) is 5.10 Å². The second-order valence-electron chi connectivity index (χ2n) is 7.64. The third kappa shape index (κ3) is 3.32. The number of phenols is 1. The van der Waals surface area contributed by atoms with Gasteiger partial charge in [-0.3, -0.25) is 10.1 Å². The SMILES string of the molecule is CC1(C)CCc2cc(C3=NNC(c4cccc([N+](=O)[O-])c4)C3)c(O)cc2O1. The molecule has 0 aliphatic carbocycles. The van der Waals surface area contributed by atoms with E-state index in [2.05, 4.69) is 10.5 Å². The molecule has 140 valence electrons. The van der Waals surface area contributed by atoms with Crippen molar-refractivity contribution in [2.45, 2.75) is 44.8 Å². The standard InChI is InChI=1S/C20H21N3O4/c1-20(2)7-6-13-9-15(18(24)11-19(13)27-20)17-10-16(21-22-17)12-4-3-5-14(8-12)23(25)26/h3-5,8-9,11,16,21,24H,6-7,10H2,1-2H3. The van der Waals surface area contributed by atoms with Gasteiger partial charge in [0, 0.05) is 30.2 Å². The van der Waals surface area contributed by atoms with Gasteiger partial charge < -0.3 is 15.3 Å². The van der Waals surface area contributed by atoms with Crippen LogP contribution in [0.2, 0.25) is 0 Å². The summed E-state index contributed by atoms with van der Waals surface area (Å²) in [5.41, 5.74) is 6.12. The van der Waals surface area contributed by atoms with Crippen LogP contribution in [0.3, 0.4) is 0 Å². The molecule has 4 rings (SSSR count). The molecule has 0 saturated carbocycles. The minimum absolute atomic E-state index is 0.0548. The lowest BCUT2D eigenvalue weighted by Crippen LogP contribution is -2.32. The molecule has 0 spiro atoms. The van der Waals surface area contributed by atoms with Crippen LogP contribution in [0.5, 0.6) is 11.5 Å². The van der Waals surface area contributed by atoms with E-state index < -0.39 is 4.92 Å². The Morgan fingerprint density at radius 3 is 2.93 bits per heavy atom. The maximum absolute atomic E-state index is 11.0. The zero-order valence-electron chi connectivity index (χ0n) is 15.2. The van der Waals surface area contributed by atoms with E-state index in [1.165, 1.54) is 6.07 Å². The number of hydrogen-bond acceptors (Lipinski definition) is 6. The smallest absolute Gasteiger partial charge is 0.269 e. The first-order valence-electron chi connectivity index (χ1n) is 8.94. The first-order valence-corrected chi connectivity index (χ1v) is 8.94. The van der Waals surface area contributed by atoms with Crippen LogP contribution in [0.15, 0.2) is 41.5 Å². The van der Waals surface area contributed by atoms with Crippen LogP contribution in [-0.4, -0.2) is 21.3 Å². The molecular weight excluding hydrogens is 346 g/mol. The Labute approximate surface area is 156 Å². The molecule has 0 radical (unpaired) electrons. The van der Waals surface area contributed by atoms with Gasteiger partial charge in [0.05, 0.1) is 16.7 Å². The molecule has 2 aliphatic heterocycles. The van der Waals surface area contributed by atoms with Crippen LogP contribution in [0.4, 0.5) is 5.69 Å². The van der Waals surface area contributed by atoms with Crippen molar-refractivity contribution < 1.29 is 14.8 Å². The predicted molar refractivity (Wildman–Crippen MR) is 101 cm³/mol. The quantitative estimate of drug-likeness (QED) is 0.634. The minimum atomic E-state index is -0.406. The van der Waals surface area contributed by atoms with E-state index in [1.807, 2.05) is 26.0 Å². The molecule has 0 saturated heterocycles. The van der Waals surface area contributed by atoms with E-state index >= 15 is 0 Å². The van der Waals surface area contributed by atoms with E-state index in [9.17, 15) is 15.2 Å². The maximum atomic E-state index is 11.0. The average Bonchev–Trinajstić information content (AvgIpc) is 3.10. The Morgan fingerprint density at radius 1 is 1.33 bits per heavy atom. The second kappa shape index (κ2) is 6.26. The van der Waals surface area contributed by atoms with Crippen LogP contribution in [0, 0.1) is 10.1 Å². The van der Waals surface area contributed by atoms with Gasteiger partial charge in [-0.15, -0.1) is 0 Å². The van der Waals surface area contributed by atoms with Crippen molar-refractivity contribution in [2.75, 3.05) is 0 Å². The number of aryl methyl sites for hydroxylation is 1. The highest BCUT2D eigenvalue weighted by Crippen LogP contribution is 2.39. The molecular formula is C20H21N3O4. The third-order valence-electron chi connectivity index (χ3n) is 5.11. The minimum Gasteiger partial charge on any atom is -0.507 e. The predicted octanol–water partition coefficient (Wildman–Crippen LogP) is 3.84. The summed E-state index contributed by atoms with van der Waals surface area (Å²) in [6.45, 7) is 4.07. The normalized spacial score (nSPS) is 20.2. The summed E-state index contributed by atoms with van der Waals surface area (Å²) in [5, 5.41) is 25.9. The van der Waals surface area contributed by atoms with Crippen molar-refractivity contribution in [1.29, 1.82) is 0 Å². The fourth-order valence-corrected chi connectivity index (χ4v) is 3.58. The van der Waals surface area contributed by atoms with Crippen LogP contribution in [-0.2, 0) is 6.42 Å². The molecule has 1 atom stereocenters. The highest BCUT2D eigenvalue weighted by atomic mass is 16.6. The number of rotatable bonds is 3. The number of aromatic hydroxyl groups is 1. The van der Waals surface area contributed by atoms with E-state index in [4.69, 9.17) is 4.74 Å². The third-order valence-corrected chi connectivity index (χ3v) is 5.11. The molecule has 0 fully saturated rings. The summed E-state index contributed by atoms with van der Waals surface area (Å²) in [7, 11) is 0. The maximum Gasteiger partial charge on any atom is 0.269 e. The molecule has 7 nitrogen and oxygen atoms in total. The number of non-ortho nitro benzene ring substituents is 1. The van der Waals surface area contributed by atoms with Gasteiger partial charge in [0.15, 0.2) is 0 Å². The molecule has 0 bridgehead atoms. The number of nitro groups is 1. The number of benzene rings is 2. The van der Waals surface area contributed by atoms with E-state index in [-0.39, 0.29) is 23.1 Å². The summed E-state index contributed by atoms with van der Waals surface area (Å²) >= 11 is 0. The van der Waals surface area contributed by atoms with E-state index in [0.717, 1.165) is 29.7 Å². The number of ether oxygens (including phenoxy) is 1. The zero-order valence-corrected chi connectivity index (χ0v) is 15.2. The Morgan fingerprint density at radius 2 is 2.15 bits per heavy atom. The topological polar surface area (TPSA) is 97.0 Å². The van der Waals surface area contributed by atoms with Crippen LogP contribution < -0.4 is 10.2 Å². The molecule has 0 aromatic heterocycles. The molecule has 2 aromatic rings.